The summed E-state index contributed by atoms with van der Waals surface area (Å²) in [6.07, 6.45) is 1.65. The van der Waals surface area contributed by atoms with Gasteiger partial charge in [-0.3, -0.25) is 0 Å². The van der Waals surface area contributed by atoms with Crippen molar-refractivity contribution in [3.8, 4) is 5.75 Å². The summed E-state index contributed by atoms with van der Waals surface area (Å²) in [4.78, 5) is 0. The van der Waals surface area contributed by atoms with Gasteiger partial charge in [-0.2, -0.15) is 0 Å². The van der Waals surface area contributed by atoms with Crippen molar-refractivity contribution >= 4 is 11.6 Å². The number of halogens is 1. The normalized spacial score (nSPS) is 12.2. The second kappa shape index (κ2) is 7.48. The highest BCUT2D eigenvalue weighted by Gasteiger charge is 2.12. The summed E-state index contributed by atoms with van der Waals surface area (Å²) in [5.41, 5.74) is 9.44. The molecule has 0 aromatic heterocycles. The van der Waals surface area contributed by atoms with Gasteiger partial charge in [-0.1, -0.05) is 54.4 Å². The number of aryl methyl sites for hydroxylation is 1. The van der Waals surface area contributed by atoms with Crippen LogP contribution in [0.25, 0.3) is 0 Å². The van der Waals surface area contributed by atoms with E-state index >= 15 is 0 Å². The van der Waals surface area contributed by atoms with Crippen molar-refractivity contribution in [2.24, 2.45) is 5.73 Å². The Hall–Kier alpha value is -1.51. The second-order valence-corrected chi connectivity index (χ2v) is 5.77. The number of hydrogen-bond donors (Lipinski definition) is 1. The molecule has 112 valence electrons. The Labute approximate surface area is 131 Å². The van der Waals surface area contributed by atoms with Gasteiger partial charge < -0.3 is 10.5 Å². The van der Waals surface area contributed by atoms with Gasteiger partial charge in [0.15, 0.2) is 0 Å². The minimum atomic E-state index is 0.103. The maximum Gasteiger partial charge on any atom is 0.124 e. The topological polar surface area (TPSA) is 35.2 Å². The molecule has 1 unspecified atom stereocenters. The van der Waals surface area contributed by atoms with Crippen molar-refractivity contribution < 1.29 is 4.74 Å². The molecule has 0 aliphatic rings. The van der Waals surface area contributed by atoms with Crippen molar-refractivity contribution in [3.63, 3.8) is 0 Å². The van der Waals surface area contributed by atoms with Crippen LogP contribution in [-0.4, -0.2) is 6.04 Å². The van der Waals surface area contributed by atoms with E-state index in [1.165, 1.54) is 5.56 Å². The van der Waals surface area contributed by atoms with Crippen LogP contribution in [0.5, 0.6) is 5.75 Å². The zero-order chi connectivity index (χ0) is 15.2. The molecule has 2 nitrogen and oxygen atoms in total. The van der Waals surface area contributed by atoms with Crippen molar-refractivity contribution in [2.45, 2.75) is 39.3 Å². The largest absolute Gasteiger partial charge is 0.489 e. The molecule has 0 amide bonds. The van der Waals surface area contributed by atoms with Gasteiger partial charge in [-0.05, 0) is 37.5 Å². The molecular weight excluding hydrogens is 282 g/mol. The van der Waals surface area contributed by atoms with Crippen LogP contribution in [-0.2, 0) is 13.0 Å². The van der Waals surface area contributed by atoms with Crippen LogP contribution in [0.2, 0.25) is 5.02 Å². The molecule has 0 bridgehead atoms. The minimum Gasteiger partial charge on any atom is -0.489 e. The molecule has 2 aromatic rings. The first-order valence-corrected chi connectivity index (χ1v) is 7.69. The van der Waals surface area contributed by atoms with Gasteiger partial charge in [0.05, 0.1) is 0 Å². The fraction of sp³-hybridized carbons (Fsp3) is 0.333. The van der Waals surface area contributed by atoms with Crippen molar-refractivity contribution in [2.75, 3.05) is 0 Å². The average Bonchev–Trinajstić information content (AvgIpc) is 2.47. The first kappa shape index (κ1) is 15.9. The summed E-state index contributed by atoms with van der Waals surface area (Å²) in [6, 6.07) is 14.2. The van der Waals surface area contributed by atoms with Crippen LogP contribution in [0.15, 0.2) is 42.5 Å². The highest BCUT2D eigenvalue weighted by molar-refractivity contribution is 6.31. The molecule has 0 aliphatic carbocycles. The summed E-state index contributed by atoms with van der Waals surface area (Å²) in [5, 5.41) is 0.723. The molecule has 0 saturated carbocycles. The summed E-state index contributed by atoms with van der Waals surface area (Å²) in [6.45, 7) is 4.69. The lowest BCUT2D eigenvalue weighted by Gasteiger charge is -2.16. The predicted octanol–water partition coefficient (Wildman–Crippen LogP) is 4.51. The van der Waals surface area contributed by atoms with E-state index in [2.05, 4.69) is 32.0 Å². The van der Waals surface area contributed by atoms with Crippen molar-refractivity contribution in [3.05, 3.63) is 64.2 Å². The molecule has 3 heteroatoms. The molecule has 0 aliphatic heterocycles. The average molecular weight is 304 g/mol. The molecule has 0 fully saturated rings. The van der Waals surface area contributed by atoms with E-state index in [1.807, 2.05) is 24.3 Å². The van der Waals surface area contributed by atoms with Crippen LogP contribution in [0, 0.1) is 6.92 Å². The number of nitrogens with two attached hydrogens (primary N) is 1. The Balaban J connectivity index is 2.14. The molecule has 1 atom stereocenters. The van der Waals surface area contributed by atoms with Crippen LogP contribution < -0.4 is 10.5 Å². The minimum absolute atomic E-state index is 0.103. The summed E-state index contributed by atoms with van der Waals surface area (Å²) < 4.78 is 5.96. The second-order valence-electron chi connectivity index (χ2n) is 5.37. The quantitative estimate of drug-likeness (QED) is 0.852. The lowest BCUT2D eigenvalue weighted by molar-refractivity contribution is 0.302. The zero-order valence-electron chi connectivity index (χ0n) is 12.6. The van der Waals surface area contributed by atoms with Gasteiger partial charge >= 0.3 is 0 Å². The maximum atomic E-state index is 6.30. The summed E-state index contributed by atoms with van der Waals surface area (Å²) >= 11 is 6.30. The van der Waals surface area contributed by atoms with E-state index in [-0.39, 0.29) is 6.04 Å². The molecule has 0 heterocycles. The van der Waals surface area contributed by atoms with E-state index in [4.69, 9.17) is 22.1 Å². The van der Waals surface area contributed by atoms with E-state index in [9.17, 15) is 0 Å². The first-order chi connectivity index (χ1) is 10.1. The number of rotatable bonds is 6. The van der Waals surface area contributed by atoms with Crippen molar-refractivity contribution in [1.82, 2.24) is 0 Å². The summed E-state index contributed by atoms with van der Waals surface area (Å²) in [5.74, 6) is 0.827. The van der Waals surface area contributed by atoms with Crippen LogP contribution in [0.3, 0.4) is 0 Å². The van der Waals surface area contributed by atoms with E-state index in [0.29, 0.717) is 6.61 Å². The fourth-order valence-corrected chi connectivity index (χ4v) is 2.48. The standard InChI is InChI=1S/C18H22ClNO/c1-3-15(20)11-16-17(19)8-5-9-18(16)21-12-14-7-4-6-13(2)10-14/h4-10,15H,3,11-12,20H2,1-2H3. The highest BCUT2D eigenvalue weighted by atomic mass is 35.5. The Morgan fingerprint density at radius 3 is 2.67 bits per heavy atom. The lowest BCUT2D eigenvalue weighted by atomic mass is 10.0. The number of benzene rings is 2. The number of ether oxygens (including phenoxy) is 1. The molecule has 2 rings (SSSR count). The third kappa shape index (κ3) is 4.48. The van der Waals surface area contributed by atoms with E-state index in [1.54, 1.807) is 0 Å². The van der Waals surface area contributed by atoms with Crippen molar-refractivity contribution in [1.29, 1.82) is 0 Å². The Kier molecular flexibility index (Phi) is 5.66. The molecule has 0 spiro atoms. The Morgan fingerprint density at radius 1 is 1.19 bits per heavy atom. The third-order valence-electron chi connectivity index (χ3n) is 3.54. The predicted molar refractivity (Wildman–Crippen MR) is 88.9 cm³/mol. The Morgan fingerprint density at radius 2 is 1.95 bits per heavy atom. The van der Waals surface area contributed by atoms with Gasteiger partial charge in [0.1, 0.15) is 12.4 Å². The lowest BCUT2D eigenvalue weighted by Crippen LogP contribution is -2.22. The molecule has 0 saturated heterocycles. The van der Waals surface area contributed by atoms with Gasteiger partial charge in [0.25, 0.3) is 0 Å². The van der Waals surface area contributed by atoms with Crippen LogP contribution in [0.1, 0.15) is 30.0 Å². The third-order valence-corrected chi connectivity index (χ3v) is 3.90. The molecule has 0 radical (unpaired) electrons. The van der Waals surface area contributed by atoms with E-state index < -0.39 is 0 Å². The molecule has 2 N–H and O–H groups in total. The van der Waals surface area contributed by atoms with Gasteiger partial charge in [0.2, 0.25) is 0 Å². The smallest absolute Gasteiger partial charge is 0.124 e. The highest BCUT2D eigenvalue weighted by Crippen LogP contribution is 2.28. The fourth-order valence-electron chi connectivity index (χ4n) is 2.24. The number of hydrogen-bond acceptors (Lipinski definition) is 2. The first-order valence-electron chi connectivity index (χ1n) is 7.31. The SMILES string of the molecule is CCC(N)Cc1c(Cl)cccc1OCc1cccc(C)c1. The molecular formula is C18H22ClNO. The molecule has 2 aromatic carbocycles. The maximum absolute atomic E-state index is 6.30. The molecule has 21 heavy (non-hydrogen) atoms. The van der Waals surface area contributed by atoms with Gasteiger partial charge in [-0.15, -0.1) is 0 Å². The Bertz CT molecular complexity index is 598. The van der Waals surface area contributed by atoms with Crippen LogP contribution >= 0.6 is 11.6 Å². The monoisotopic (exact) mass is 303 g/mol. The summed E-state index contributed by atoms with van der Waals surface area (Å²) in [7, 11) is 0. The van der Waals surface area contributed by atoms with Gasteiger partial charge in [-0.25, -0.2) is 0 Å². The van der Waals surface area contributed by atoms with Crippen LogP contribution in [0.4, 0.5) is 0 Å². The van der Waals surface area contributed by atoms with Gasteiger partial charge in [0, 0.05) is 16.6 Å². The van der Waals surface area contributed by atoms with E-state index in [0.717, 1.165) is 34.7 Å². The zero-order valence-corrected chi connectivity index (χ0v) is 13.4.